The second-order valence-corrected chi connectivity index (χ2v) is 4.98. The number of para-hydroxylation sites is 1. The Morgan fingerprint density at radius 2 is 1.77 bits per heavy atom. The minimum Gasteiger partial charge on any atom is -0.550 e. The molecule has 0 unspecified atom stereocenters. The van der Waals surface area contributed by atoms with Crippen molar-refractivity contribution in [1.29, 1.82) is 0 Å². The summed E-state index contributed by atoms with van der Waals surface area (Å²) in [5, 5.41) is 11.6. The minimum absolute atomic E-state index is 0.0908. The van der Waals surface area contributed by atoms with E-state index in [4.69, 9.17) is 4.74 Å². The van der Waals surface area contributed by atoms with Gasteiger partial charge in [-0.15, -0.1) is 0 Å². The summed E-state index contributed by atoms with van der Waals surface area (Å²) in [5.41, 5.74) is 2.47. The van der Waals surface area contributed by atoms with Crippen LogP contribution in [0.15, 0.2) is 60.7 Å². The van der Waals surface area contributed by atoms with E-state index < -0.39 is 5.97 Å². The molecule has 1 aromatic heterocycles. The number of fused-ring (bicyclic) bond motifs is 1. The first-order valence-corrected chi connectivity index (χ1v) is 6.97. The van der Waals surface area contributed by atoms with E-state index in [0.29, 0.717) is 17.9 Å². The summed E-state index contributed by atoms with van der Waals surface area (Å²) < 4.78 is 5.68. The number of rotatable bonds is 5. The number of carboxylic acid groups (broad SMARTS) is 1. The molecule has 0 saturated heterocycles. The number of nitrogens with zero attached hydrogens (tertiary/aromatic N) is 1. The Kier molecular flexibility index (Phi) is 4.01. The second-order valence-electron chi connectivity index (χ2n) is 4.98. The lowest BCUT2D eigenvalue weighted by molar-refractivity contribution is -0.304. The minimum atomic E-state index is -1.09. The first kappa shape index (κ1) is 14.1. The van der Waals surface area contributed by atoms with E-state index in [1.165, 1.54) is 0 Å². The average Bonchev–Trinajstić information content (AvgIpc) is 2.53. The molecule has 0 bridgehead atoms. The van der Waals surface area contributed by atoms with Gasteiger partial charge < -0.3 is 14.6 Å². The quantitative estimate of drug-likeness (QED) is 0.722. The number of benzene rings is 2. The summed E-state index contributed by atoms with van der Waals surface area (Å²) in [6, 6.07) is 18.8. The van der Waals surface area contributed by atoms with Crippen molar-refractivity contribution in [3.63, 3.8) is 0 Å². The number of hydrogen-bond donors (Lipinski definition) is 0. The zero-order valence-electron chi connectivity index (χ0n) is 11.9. The van der Waals surface area contributed by atoms with Gasteiger partial charge in [-0.05, 0) is 29.8 Å². The van der Waals surface area contributed by atoms with Gasteiger partial charge in [0.2, 0.25) is 0 Å². The van der Waals surface area contributed by atoms with Crippen molar-refractivity contribution in [2.45, 2.75) is 13.0 Å². The lowest BCUT2D eigenvalue weighted by Crippen LogP contribution is -2.24. The zero-order chi connectivity index (χ0) is 15.4. The fourth-order valence-electron chi connectivity index (χ4n) is 2.22. The number of carbonyl (C=O) groups excluding carboxylic acids is 1. The fraction of sp³-hybridized carbons (Fsp3) is 0.111. The monoisotopic (exact) mass is 292 g/mol. The Morgan fingerprint density at radius 1 is 1.00 bits per heavy atom. The smallest absolute Gasteiger partial charge is 0.130 e. The standard InChI is InChI=1S/C18H15NO3/c20-18(21)11-13-5-9-16(10-6-13)22-12-15-8-7-14-3-1-2-4-17(14)19-15/h1-10H,11-12H2,(H,20,21)/p-1. The molecule has 0 radical (unpaired) electrons. The molecule has 0 saturated carbocycles. The number of carbonyl (C=O) groups is 1. The van der Waals surface area contributed by atoms with Crippen LogP contribution in [-0.4, -0.2) is 11.0 Å². The maximum atomic E-state index is 10.5. The molecule has 0 amide bonds. The number of ether oxygens (including phenoxy) is 1. The molecule has 0 aliphatic carbocycles. The molecule has 0 atom stereocenters. The normalized spacial score (nSPS) is 10.5. The van der Waals surface area contributed by atoms with Gasteiger partial charge in [-0.1, -0.05) is 36.4 Å². The van der Waals surface area contributed by atoms with E-state index in [2.05, 4.69) is 4.98 Å². The van der Waals surface area contributed by atoms with Crippen LogP contribution in [0.3, 0.4) is 0 Å². The molecule has 0 spiro atoms. The van der Waals surface area contributed by atoms with Crippen LogP contribution in [0, 0.1) is 0 Å². The van der Waals surface area contributed by atoms with Gasteiger partial charge in [0.15, 0.2) is 0 Å². The predicted octanol–water partition coefficient (Wildman–Crippen LogP) is 2.11. The summed E-state index contributed by atoms with van der Waals surface area (Å²) in [7, 11) is 0. The van der Waals surface area contributed by atoms with Gasteiger partial charge in [0.25, 0.3) is 0 Å². The Morgan fingerprint density at radius 3 is 2.55 bits per heavy atom. The summed E-state index contributed by atoms with van der Waals surface area (Å²) >= 11 is 0. The van der Waals surface area contributed by atoms with Gasteiger partial charge in [-0.3, -0.25) is 0 Å². The molecule has 1 heterocycles. The molecule has 22 heavy (non-hydrogen) atoms. The predicted molar refractivity (Wildman–Crippen MR) is 81.2 cm³/mol. The van der Waals surface area contributed by atoms with E-state index in [0.717, 1.165) is 16.6 Å². The highest BCUT2D eigenvalue weighted by molar-refractivity contribution is 5.78. The van der Waals surface area contributed by atoms with Crippen LogP contribution in [0.1, 0.15) is 11.3 Å². The van der Waals surface area contributed by atoms with Crippen molar-refractivity contribution in [3.8, 4) is 5.75 Å². The lowest BCUT2D eigenvalue weighted by atomic mass is 10.1. The molecule has 0 N–H and O–H groups in total. The first-order valence-electron chi connectivity index (χ1n) is 6.97. The van der Waals surface area contributed by atoms with Crippen molar-refractivity contribution in [2.24, 2.45) is 0 Å². The van der Waals surface area contributed by atoms with Gasteiger partial charge in [0.05, 0.1) is 11.2 Å². The Hall–Kier alpha value is -2.88. The number of hydrogen-bond acceptors (Lipinski definition) is 4. The highest BCUT2D eigenvalue weighted by Crippen LogP contribution is 2.16. The third-order valence-electron chi connectivity index (χ3n) is 3.31. The number of carboxylic acids is 1. The third-order valence-corrected chi connectivity index (χ3v) is 3.31. The van der Waals surface area contributed by atoms with Crippen molar-refractivity contribution >= 4 is 16.9 Å². The molecule has 110 valence electrons. The highest BCUT2D eigenvalue weighted by atomic mass is 16.5. The van der Waals surface area contributed by atoms with Crippen LogP contribution in [0.5, 0.6) is 5.75 Å². The van der Waals surface area contributed by atoms with Crippen LogP contribution in [0.4, 0.5) is 0 Å². The van der Waals surface area contributed by atoms with Gasteiger partial charge in [0, 0.05) is 17.8 Å². The van der Waals surface area contributed by atoms with Crippen LogP contribution < -0.4 is 9.84 Å². The largest absolute Gasteiger partial charge is 0.550 e. The maximum Gasteiger partial charge on any atom is 0.130 e. The Balaban J connectivity index is 1.67. The van der Waals surface area contributed by atoms with Gasteiger partial charge in [0.1, 0.15) is 12.4 Å². The number of aromatic nitrogens is 1. The van der Waals surface area contributed by atoms with E-state index >= 15 is 0 Å². The maximum absolute atomic E-state index is 10.5. The third kappa shape index (κ3) is 3.41. The van der Waals surface area contributed by atoms with Crippen molar-refractivity contribution in [1.82, 2.24) is 4.98 Å². The van der Waals surface area contributed by atoms with Gasteiger partial charge in [-0.2, -0.15) is 0 Å². The van der Waals surface area contributed by atoms with Gasteiger partial charge in [-0.25, -0.2) is 4.98 Å². The van der Waals surface area contributed by atoms with E-state index in [1.807, 2.05) is 36.4 Å². The first-order chi connectivity index (χ1) is 10.7. The number of pyridine rings is 1. The van der Waals surface area contributed by atoms with Crippen molar-refractivity contribution in [2.75, 3.05) is 0 Å². The molecule has 4 heteroatoms. The summed E-state index contributed by atoms with van der Waals surface area (Å²) in [5.74, 6) is -0.411. The number of aliphatic carboxylic acids is 1. The molecule has 0 aliphatic heterocycles. The van der Waals surface area contributed by atoms with Crippen LogP contribution in [0.25, 0.3) is 10.9 Å². The highest BCUT2D eigenvalue weighted by Gasteiger charge is 2.00. The summed E-state index contributed by atoms with van der Waals surface area (Å²) in [4.78, 5) is 15.1. The molecular formula is C18H14NO3-. The summed E-state index contributed by atoms with van der Waals surface area (Å²) in [6.07, 6.45) is -0.0908. The van der Waals surface area contributed by atoms with Crippen LogP contribution in [-0.2, 0) is 17.8 Å². The van der Waals surface area contributed by atoms with Crippen LogP contribution in [0.2, 0.25) is 0 Å². The molecule has 3 aromatic rings. The van der Waals surface area contributed by atoms with E-state index in [-0.39, 0.29) is 6.42 Å². The van der Waals surface area contributed by atoms with Crippen LogP contribution >= 0.6 is 0 Å². The molecule has 3 rings (SSSR count). The molecule has 0 fully saturated rings. The summed E-state index contributed by atoms with van der Waals surface area (Å²) in [6.45, 7) is 0.366. The van der Waals surface area contributed by atoms with E-state index in [1.54, 1.807) is 24.3 Å². The Labute approximate surface area is 128 Å². The topological polar surface area (TPSA) is 62.2 Å². The average molecular weight is 292 g/mol. The Bertz CT molecular complexity index is 797. The SMILES string of the molecule is O=C([O-])Cc1ccc(OCc2ccc3ccccc3n2)cc1. The fourth-order valence-corrected chi connectivity index (χ4v) is 2.22. The zero-order valence-corrected chi connectivity index (χ0v) is 11.9. The van der Waals surface area contributed by atoms with Crippen molar-refractivity contribution in [3.05, 3.63) is 71.9 Å². The molecule has 0 aliphatic rings. The molecule has 4 nitrogen and oxygen atoms in total. The lowest BCUT2D eigenvalue weighted by Gasteiger charge is -2.08. The molecule has 2 aromatic carbocycles. The van der Waals surface area contributed by atoms with Crippen molar-refractivity contribution < 1.29 is 14.6 Å². The van der Waals surface area contributed by atoms with Gasteiger partial charge >= 0.3 is 0 Å². The second kappa shape index (κ2) is 6.26. The molecular weight excluding hydrogens is 278 g/mol. The van der Waals surface area contributed by atoms with E-state index in [9.17, 15) is 9.90 Å².